The number of amides is 2. The normalized spacial score (nSPS) is 14.2. The summed E-state index contributed by atoms with van der Waals surface area (Å²) in [5, 5.41) is 14.8. The Balaban J connectivity index is 1.69. The number of anilines is 1. The summed E-state index contributed by atoms with van der Waals surface area (Å²) in [4.78, 5) is 36.7. The lowest BCUT2D eigenvalue weighted by Gasteiger charge is -2.09. The van der Waals surface area contributed by atoms with Gasteiger partial charge < -0.3 is 15.1 Å². The largest absolute Gasteiger partial charge is 0.469 e. The monoisotopic (exact) mass is 351 g/mol. The summed E-state index contributed by atoms with van der Waals surface area (Å²) < 4.78 is 5.06. The number of nitrogens with one attached hydrogen (secondary N) is 2. The summed E-state index contributed by atoms with van der Waals surface area (Å²) in [6.45, 7) is 1.60. The van der Waals surface area contributed by atoms with Gasteiger partial charge in [0.2, 0.25) is 0 Å². The first-order valence-corrected chi connectivity index (χ1v) is 8.19. The SMILES string of the molecule is Cc1occc1C(=O)C(C#N)C(=O)c1ccc(NC(=O)NC2CC2)cc1. The second kappa shape index (κ2) is 7.23. The van der Waals surface area contributed by atoms with Crippen molar-refractivity contribution in [3.05, 3.63) is 53.5 Å². The van der Waals surface area contributed by atoms with E-state index in [1.807, 2.05) is 0 Å². The Hall–Kier alpha value is -3.40. The first-order chi connectivity index (χ1) is 12.5. The van der Waals surface area contributed by atoms with Gasteiger partial charge in [-0.05, 0) is 50.1 Å². The van der Waals surface area contributed by atoms with Crippen molar-refractivity contribution in [3.8, 4) is 6.07 Å². The van der Waals surface area contributed by atoms with Gasteiger partial charge in [0.05, 0.1) is 17.9 Å². The summed E-state index contributed by atoms with van der Waals surface area (Å²) in [5.74, 6) is -2.26. The van der Waals surface area contributed by atoms with Gasteiger partial charge in [-0.25, -0.2) is 4.79 Å². The Bertz CT molecular complexity index is 888. The van der Waals surface area contributed by atoms with Crippen LogP contribution in [0.15, 0.2) is 41.0 Å². The minimum absolute atomic E-state index is 0.221. The van der Waals surface area contributed by atoms with Crippen molar-refractivity contribution in [2.24, 2.45) is 5.92 Å². The highest BCUT2D eigenvalue weighted by atomic mass is 16.3. The van der Waals surface area contributed by atoms with Crippen LogP contribution in [0.2, 0.25) is 0 Å². The zero-order valence-electron chi connectivity index (χ0n) is 14.1. The number of aryl methyl sites for hydroxylation is 1. The van der Waals surface area contributed by atoms with Crippen molar-refractivity contribution in [2.45, 2.75) is 25.8 Å². The average Bonchev–Trinajstić information content (AvgIpc) is 3.33. The summed E-state index contributed by atoms with van der Waals surface area (Å²) in [5.41, 5.74) is 0.962. The van der Waals surface area contributed by atoms with Gasteiger partial charge in [-0.15, -0.1) is 0 Å². The van der Waals surface area contributed by atoms with Crippen LogP contribution in [-0.2, 0) is 0 Å². The van der Waals surface area contributed by atoms with Crippen LogP contribution in [0, 0.1) is 24.2 Å². The Morgan fingerprint density at radius 1 is 1.15 bits per heavy atom. The third kappa shape index (κ3) is 3.81. The molecular weight excluding hydrogens is 334 g/mol. The Kier molecular flexibility index (Phi) is 4.85. The smallest absolute Gasteiger partial charge is 0.319 e. The van der Waals surface area contributed by atoms with Crippen LogP contribution in [0.1, 0.15) is 39.3 Å². The number of nitrogens with zero attached hydrogens (tertiary/aromatic N) is 1. The molecular formula is C19H17N3O4. The summed E-state index contributed by atoms with van der Waals surface area (Å²) in [6, 6.07) is 9.23. The van der Waals surface area contributed by atoms with Crippen molar-refractivity contribution in [1.82, 2.24) is 5.32 Å². The van der Waals surface area contributed by atoms with Crippen molar-refractivity contribution < 1.29 is 18.8 Å². The number of Topliss-reactive ketones (excluding diaryl/α,β-unsaturated/α-hetero) is 2. The standard InChI is InChI=1S/C19H17N3O4/c1-11-15(8-9-26-11)18(24)16(10-20)17(23)12-2-4-13(5-3-12)21-19(25)22-14-6-7-14/h2-5,8-9,14,16H,6-7H2,1H3,(H2,21,22,25). The fraction of sp³-hybridized carbons (Fsp3) is 0.263. The number of furan rings is 1. The predicted octanol–water partition coefficient (Wildman–Crippen LogP) is 3.08. The van der Waals surface area contributed by atoms with Gasteiger partial charge in [-0.2, -0.15) is 5.26 Å². The van der Waals surface area contributed by atoms with E-state index in [9.17, 15) is 19.6 Å². The van der Waals surface area contributed by atoms with Gasteiger partial charge in [-0.3, -0.25) is 9.59 Å². The molecule has 1 aromatic carbocycles. The molecule has 0 saturated heterocycles. The van der Waals surface area contributed by atoms with Crippen molar-refractivity contribution in [1.29, 1.82) is 5.26 Å². The first kappa shape index (κ1) is 17.4. The van der Waals surface area contributed by atoms with Crippen molar-refractivity contribution in [2.75, 3.05) is 5.32 Å². The zero-order chi connectivity index (χ0) is 18.7. The molecule has 132 valence electrons. The fourth-order valence-electron chi connectivity index (χ4n) is 2.50. The molecule has 1 aliphatic rings. The highest BCUT2D eigenvalue weighted by molar-refractivity contribution is 6.18. The van der Waals surface area contributed by atoms with E-state index in [0.29, 0.717) is 11.4 Å². The first-order valence-electron chi connectivity index (χ1n) is 8.19. The molecule has 0 spiro atoms. The third-order valence-corrected chi connectivity index (χ3v) is 4.12. The van der Waals surface area contributed by atoms with Crippen molar-refractivity contribution in [3.63, 3.8) is 0 Å². The van der Waals surface area contributed by atoms with Crippen LogP contribution < -0.4 is 10.6 Å². The maximum absolute atomic E-state index is 12.5. The molecule has 1 saturated carbocycles. The molecule has 7 heteroatoms. The summed E-state index contributed by atoms with van der Waals surface area (Å²) in [6.07, 6.45) is 3.32. The van der Waals surface area contributed by atoms with Crippen LogP contribution in [0.4, 0.5) is 10.5 Å². The average molecular weight is 351 g/mol. The number of rotatable bonds is 6. The number of benzene rings is 1. The fourth-order valence-corrected chi connectivity index (χ4v) is 2.50. The van der Waals surface area contributed by atoms with Gasteiger partial charge in [0.1, 0.15) is 5.76 Å². The number of ketones is 2. The van der Waals surface area contributed by atoms with E-state index in [2.05, 4.69) is 10.6 Å². The van der Waals surface area contributed by atoms with E-state index < -0.39 is 17.5 Å². The van der Waals surface area contributed by atoms with Crippen LogP contribution in [-0.4, -0.2) is 23.6 Å². The quantitative estimate of drug-likeness (QED) is 0.613. The van der Waals surface area contributed by atoms with Gasteiger partial charge >= 0.3 is 6.03 Å². The lowest BCUT2D eigenvalue weighted by atomic mass is 9.91. The molecule has 1 aliphatic carbocycles. The minimum Gasteiger partial charge on any atom is -0.469 e. The molecule has 0 radical (unpaired) electrons. The highest BCUT2D eigenvalue weighted by Crippen LogP contribution is 2.21. The Morgan fingerprint density at radius 2 is 1.85 bits per heavy atom. The van der Waals surface area contributed by atoms with Gasteiger partial charge in [0.15, 0.2) is 17.5 Å². The number of carbonyl (C=O) groups is 3. The van der Waals surface area contributed by atoms with E-state index in [1.165, 1.54) is 24.5 Å². The van der Waals surface area contributed by atoms with E-state index >= 15 is 0 Å². The molecule has 1 unspecified atom stereocenters. The number of nitriles is 1. The zero-order valence-corrected chi connectivity index (χ0v) is 14.1. The molecule has 0 bridgehead atoms. The number of urea groups is 1. The summed E-state index contributed by atoms with van der Waals surface area (Å²) >= 11 is 0. The van der Waals surface area contributed by atoms with Gasteiger partial charge in [-0.1, -0.05) is 0 Å². The molecule has 1 aromatic heterocycles. The second-order valence-electron chi connectivity index (χ2n) is 6.13. The second-order valence-corrected chi connectivity index (χ2v) is 6.13. The highest BCUT2D eigenvalue weighted by Gasteiger charge is 2.30. The maximum atomic E-state index is 12.5. The van der Waals surface area contributed by atoms with Crippen LogP contribution >= 0.6 is 0 Å². The molecule has 2 N–H and O–H groups in total. The van der Waals surface area contributed by atoms with Crippen LogP contribution in [0.3, 0.4) is 0 Å². The molecule has 7 nitrogen and oxygen atoms in total. The molecule has 1 atom stereocenters. The molecule has 2 amide bonds. The van der Waals surface area contributed by atoms with E-state index in [0.717, 1.165) is 12.8 Å². The molecule has 1 heterocycles. The number of hydrogen-bond acceptors (Lipinski definition) is 5. The van der Waals surface area contributed by atoms with Gasteiger partial charge in [0.25, 0.3) is 0 Å². The van der Waals surface area contributed by atoms with Crippen molar-refractivity contribution >= 4 is 23.3 Å². The lowest BCUT2D eigenvalue weighted by Crippen LogP contribution is -2.30. The number of carbonyl (C=O) groups excluding carboxylic acids is 3. The van der Waals surface area contributed by atoms with E-state index in [4.69, 9.17) is 4.42 Å². The van der Waals surface area contributed by atoms with Gasteiger partial charge in [0, 0.05) is 17.3 Å². The predicted molar refractivity (Wildman–Crippen MR) is 92.8 cm³/mol. The molecule has 26 heavy (non-hydrogen) atoms. The topological polar surface area (TPSA) is 112 Å². The Morgan fingerprint density at radius 3 is 2.38 bits per heavy atom. The summed E-state index contributed by atoms with van der Waals surface area (Å²) in [7, 11) is 0. The van der Waals surface area contributed by atoms with E-state index in [-0.39, 0.29) is 23.2 Å². The maximum Gasteiger partial charge on any atom is 0.319 e. The molecule has 2 aromatic rings. The molecule has 0 aliphatic heterocycles. The molecule has 1 fully saturated rings. The molecule has 3 rings (SSSR count). The number of hydrogen-bond donors (Lipinski definition) is 2. The van der Waals surface area contributed by atoms with Crippen LogP contribution in [0.25, 0.3) is 0 Å². The van der Waals surface area contributed by atoms with Crippen LogP contribution in [0.5, 0.6) is 0 Å². The van der Waals surface area contributed by atoms with E-state index in [1.54, 1.807) is 25.1 Å². The Labute approximate surface area is 150 Å². The minimum atomic E-state index is -1.44. The third-order valence-electron chi connectivity index (χ3n) is 4.12. The lowest BCUT2D eigenvalue weighted by molar-refractivity contribution is 0.0845.